The first-order valence-corrected chi connectivity index (χ1v) is 15.4. The Bertz CT molecular complexity index is 1260. The Morgan fingerprint density at radius 3 is 2.62 bits per heavy atom. The molecule has 4 rings (SSSR count). The first kappa shape index (κ1) is 32.5. The lowest BCUT2D eigenvalue weighted by atomic mass is 9.90. The van der Waals surface area contributed by atoms with Crippen LogP contribution >= 0.6 is 23.4 Å². The van der Waals surface area contributed by atoms with Gasteiger partial charge < -0.3 is 40.1 Å². The molecule has 0 spiro atoms. The van der Waals surface area contributed by atoms with Gasteiger partial charge >= 0.3 is 0 Å². The quantitative estimate of drug-likeness (QED) is 0.252. The first-order valence-electron chi connectivity index (χ1n) is 13.9. The number of amides is 1. The average Bonchev–Trinajstić information content (AvgIpc) is 3.46. The van der Waals surface area contributed by atoms with E-state index in [1.165, 1.54) is 0 Å². The summed E-state index contributed by atoms with van der Waals surface area (Å²) in [6, 6.07) is 14.6. The molecular weight excluding hydrogens is 582 g/mol. The summed E-state index contributed by atoms with van der Waals surface area (Å²) in [4.78, 5) is 14.1. The lowest BCUT2D eigenvalue weighted by molar-refractivity contribution is -0.231. The zero-order chi connectivity index (χ0) is 30.4. The number of nitriles is 1. The SMILES string of the molecule is CC(C)(CCOc1ccc(Cc2cc([C@@H]3O[C@H](CO)[C@@H](O)[C@H](O)[C@H]3O)ccc2Cl)cc1)NCC(=O)N1CSC[C@@H]1C#N. The van der Waals surface area contributed by atoms with Gasteiger partial charge in [-0.15, -0.1) is 11.8 Å². The fourth-order valence-corrected chi connectivity index (χ4v) is 6.22. The molecular formula is C30H38ClN3O7S. The van der Waals surface area contributed by atoms with Gasteiger partial charge in [0.05, 0.1) is 31.7 Å². The number of hydrogen-bond donors (Lipinski definition) is 5. The molecule has 12 heteroatoms. The molecule has 0 radical (unpaired) electrons. The van der Waals surface area contributed by atoms with Gasteiger partial charge in [0.15, 0.2) is 0 Å². The molecule has 0 bridgehead atoms. The van der Waals surface area contributed by atoms with Crippen molar-refractivity contribution in [2.45, 2.75) is 68.8 Å². The van der Waals surface area contributed by atoms with Crippen molar-refractivity contribution in [2.24, 2.45) is 0 Å². The number of aliphatic hydroxyl groups excluding tert-OH is 4. The fraction of sp³-hybridized carbons (Fsp3) is 0.533. The number of carbonyl (C=O) groups is 1. The van der Waals surface area contributed by atoms with E-state index in [2.05, 4.69) is 11.4 Å². The monoisotopic (exact) mass is 619 g/mol. The highest BCUT2D eigenvalue weighted by Gasteiger charge is 2.44. The summed E-state index contributed by atoms with van der Waals surface area (Å²) in [5.74, 6) is 1.83. The third kappa shape index (κ3) is 7.95. The number of thioether (sulfide) groups is 1. The molecule has 2 aromatic rings. The second-order valence-corrected chi connectivity index (χ2v) is 12.7. The highest BCUT2D eigenvalue weighted by atomic mass is 35.5. The van der Waals surface area contributed by atoms with Crippen LogP contribution in [-0.2, 0) is 16.0 Å². The summed E-state index contributed by atoms with van der Waals surface area (Å²) >= 11 is 8.05. The van der Waals surface area contributed by atoms with E-state index in [9.17, 15) is 30.5 Å². The highest BCUT2D eigenvalue weighted by molar-refractivity contribution is 7.99. The van der Waals surface area contributed by atoms with Gasteiger partial charge in [-0.3, -0.25) is 4.79 Å². The van der Waals surface area contributed by atoms with Crippen LogP contribution < -0.4 is 10.1 Å². The van der Waals surface area contributed by atoms with Crippen LogP contribution in [-0.4, -0.2) is 98.6 Å². The van der Waals surface area contributed by atoms with Gasteiger partial charge in [0.1, 0.15) is 42.3 Å². The number of carbonyl (C=O) groups excluding carboxylic acids is 1. The van der Waals surface area contributed by atoms with E-state index < -0.39 is 37.1 Å². The van der Waals surface area contributed by atoms with Gasteiger partial charge in [-0.1, -0.05) is 35.9 Å². The minimum atomic E-state index is -1.46. The molecule has 10 nitrogen and oxygen atoms in total. The van der Waals surface area contributed by atoms with Crippen molar-refractivity contribution in [2.75, 3.05) is 31.4 Å². The van der Waals surface area contributed by atoms with E-state index in [-0.39, 0.29) is 24.0 Å². The molecule has 2 aliphatic heterocycles. The van der Waals surface area contributed by atoms with E-state index >= 15 is 0 Å². The molecule has 42 heavy (non-hydrogen) atoms. The number of benzene rings is 2. The number of aliphatic hydroxyl groups is 4. The molecule has 2 fully saturated rings. The Balaban J connectivity index is 1.29. The van der Waals surface area contributed by atoms with Crippen LogP contribution in [0.5, 0.6) is 5.75 Å². The predicted octanol–water partition coefficient (Wildman–Crippen LogP) is 2.01. The van der Waals surface area contributed by atoms with Gasteiger partial charge in [0, 0.05) is 16.3 Å². The number of nitrogens with one attached hydrogen (secondary N) is 1. The van der Waals surface area contributed by atoms with Crippen LogP contribution in [0.15, 0.2) is 42.5 Å². The second kappa shape index (κ2) is 14.4. The minimum absolute atomic E-state index is 0.0741. The fourth-order valence-electron chi connectivity index (χ4n) is 4.93. The third-order valence-corrected chi connectivity index (χ3v) is 9.06. The zero-order valence-corrected chi connectivity index (χ0v) is 25.2. The van der Waals surface area contributed by atoms with Crippen LogP contribution in [0.4, 0.5) is 0 Å². The van der Waals surface area contributed by atoms with E-state index in [0.29, 0.717) is 47.4 Å². The molecule has 0 unspecified atom stereocenters. The highest BCUT2D eigenvalue weighted by Crippen LogP contribution is 2.34. The molecule has 0 saturated carbocycles. The normalized spacial score (nSPS) is 26.2. The van der Waals surface area contributed by atoms with Crippen LogP contribution in [0.1, 0.15) is 43.1 Å². The van der Waals surface area contributed by atoms with Crippen molar-refractivity contribution in [3.8, 4) is 11.8 Å². The number of rotatable bonds is 11. The smallest absolute Gasteiger partial charge is 0.238 e. The maximum atomic E-state index is 12.5. The van der Waals surface area contributed by atoms with Gasteiger partial charge in [-0.2, -0.15) is 5.26 Å². The molecule has 2 aliphatic rings. The van der Waals surface area contributed by atoms with Crippen molar-refractivity contribution < 1.29 is 34.7 Å². The van der Waals surface area contributed by atoms with Crippen molar-refractivity contribution in [1.29, 1.82) is 5.26 Å². The van der Waals surface area contributed by atoms with Gasteiger partial charge in [0.25, 0.3) is 0 Å². The number of ether oxygens (including phenoxy) is 2. The predicted molar refractivity (Wildman–Crippen MR) is 159 cm³/mol. The van der Waals surface area contributed by atoms with Crippen molar-refractivity contribution in [3.63, 3.8) is 0 Å². The van der Waals surface area contributed by atoms with E-state index in [4.69, 9.17) is 21.1 Å². The van der Waals surface area contributed by atoms with E-state index in [1.54, 1.807) is 34.9 Å². The maximum absolute atomic E-state index is 12.5. The first-order chi connectivity index (χ1) is 20.0. The van der Waals surface area contributed by atoms with Gasteiger partial charge in [0.2, 0.25) is 5.91 Å². The second-order valence-electron chi connectivity index (χ2n) is 11.3. The molecule has 0 aliphatic carbocycles. The molecule has 2 heterocycles. The Kier molecular flexibility index (Phi) is 11.1. The molecule has 0 aromatic heterocycles. The largest absolute Gasteiger partial charge is 0.494 e. The Morgan fingerprint density at radius 2 is 1.93 bits per heavy atom. The molecule has 2 aromatic carbocycles. The van der Waals surface area contributed by atoms with Crippen molar-refractivity contribution in [3.05, 3.63) is 64.2 Å². The maximum Gasteiger partial charge on any atom is 0.238 e. The summed E-state index contributed by atoms with van der Waals surface area (Å²) in [5.41, 5.74) is 2.00. The minimum Gasteiger partial charge on any atom is -0.494 e. The van der Waals surface area contributed by atoms with E-state index in [0.717, 1.165) is 11.1 Å². The third-order valence-electron chi connectivity index (χ3n) is 7.67. The lowest BCUT2D eigenvalue weighted by Gasteiger charge is -2.40. The standard InChI is InChI=1S/C30H38ClN3O7S/c1-30(2,33-14-25(36)34-17-42-16-21(34)13-32)9-10-40-22-6-3-18(4-7-22)11-20-12-19(5-8-23(20)31)29-28(39)27(38)26(37)24(15-35)41-29/h3-8,12,21,24,26-29,33,35,37-39H,9-11,14-17H2,1-2H3/t21-,24+,26+,27-,28+,29-/m0/s1. The lowest BCUT2D eigenvalue weighted by Crippen LogP contribution is -2.55. The van der Waals surface area contributed by atoms with Crippen LogP contribution in [0.25, 0.3) is 0 Å². The summed E-state index contributed by atoms with van der Waals surface area (Å²) < 4.78 is 11.6. The molecule has 2 saturated heterocycles. The van der Waals surface area contributed by atoms with Gasteiger partial charge in [-0.05, 0) is 61.6 Å². The molecule has 5 N–H and O–H groups in total. The van der Waals surface area contributed by atoms with Gasteiger partial charge in [-0.25, -0.2) is 0 Å². The number of nitrogens with zero attached hydrogens (tertiary/aromatic N) is 2. The van der Waals surface area contributed by atoms with Crippen LogP contribution in [0.2, 0.25) is 5.02 Å². The Hall–Kier alpha value is -2.40. The average molecular weight is 620 g/mol. The Morgan fingerprint density at radius 1 is 1.19 bits per heavy atom. The zero-order valence-electron chi connectivity index (χ0n) is 23.6. The molecule has 6 atom stereocenters. The summed E-state index contributed by atoms with van der Waals surface area (Å²) in [7, 11) is 0. The Labute approximate surface area is 255 Å². The van der Waals surface area contributed by atoms with Crippen molar-refractivity contribution in [1.82, 2.24) is 10.2 Å². The van der Waals surface area contributed by atoms with E-state index in [1.807, 2.05) is 38.1 Å². The number of halogens is 1. The summed E-state index contributed by atoms with van der Waals surface area (Å²) in [6.45, 7) is 4.14. The van der Waals surface area contributed by atoms with Crippen LogP contribution in [0, 0.1) is 11.3 Å². The van der Waals surface area contributed by atoms with Crippen molar-refractivity contribution >= 4 is 29.3 Å². The topological polar surface area (TPSA) is 156 Å². The molecule has 228 valence electrons. The summed E-state index contributed by atoms with van der Waals surface area (Å²) in [6.07, 6.45) is -5.00. The van der Waals surface area contributed by atoms with Crippen LogP contribution in [0.3, 0.4) is 0 Å². The number of hydrogen-bond acceptors (Lipinski definition) is 10. The molecule has 1 amide bonds. The summed E-state index contributed by atoms with van der Waals surface area (Å²) in [5, 5.41) is 53.3.